The van der Waals surface area contributed by atoms with E-state index >= 15 is 0 Å². The second-order valence-corrected chi connectivity index (χ2v) is 9.20. The lowest BCUT2D eigenvalue weighted by Gasteiger charge is -2.35. The highest BCUT2D eigenvalue weighted by Crippen LogP contribution is 2.26. The van der Waals surface area contributed by atoms with Crippen LogP contribution in [0, 0.1) is 12.8 Å². The van der Waals surface area contributed by atoms with Crippen LogP contribution in [-0.4, -0.2) is 60.3 Å². The van der Waals surface area contributed by atoms with Crippen molar-refractivity contribution < 1.29 is 23.1 Å². The molecule has 1 N–H and O–H groups in total. The van der Waals surface area contributed by atoms with Crippen LogP contribution in [0.2, 0.25) is 0 Å². The molecule has 1 aromatic rings. The van der Waals surface area contributed by atoms with Crippen LogP contribution in [0.3, 0.4) is 0 Å². The third-order valence-corrected chi connectivity index (χ3v) is 6.85. The largest absolute Gasteiger partial charge is 0.481 e. The molecule has 150 valence electrons. The van der Waals surface area contributed by atoms with Gasteiger partial charge in [-0.3, -0.25) is 9.59 Å². The van der Waals surface area contributed by atoms with Crippen LogP contribution >= 0.6 is 0 Å². The van der Waals surface area contributed by atoms with Crippen molar-refractivity contribution in [1.82, 2.24) is 9.21 Å². The van der Waals surface area contributed by atoms with Gasteiger partial charge in [0.2, 0.25) is 15.9 Å². The van der Waals surface area contributed by atoms with E-state index in [9.17, 15) is 18.0 Å². The first-order valence-corrected chi connectivity index (χ1v) is 10.7. The zero-order valence-corrected chi connectivity index (χ0v) is 16.9. The molecule has 0 saturated carbocycles. The number of carbonyl (C=O) groups is 2. The maximum Gasteiger partial charge on any atom is 0.305 e. The van der Waals surface area contributed by atoms with Gasteiger partial charge in [0.25, 0.3) is 0 Å². The predicted molar refractivity (Wildman–Crippen MR) is 102 cm³/mol. The van der Waals surface area contributed by atoms with E-state index in [0.29, 0.717) is 12.8 Å². The van der Waals surface area contributed by atoms with Crippen molar-refractivity contribution in [3.8, 4) is 0 Å². The van der Waals surface area contributed by atoms with Crippen LogP contribution in [0.1, 0.15) is 38.7 Å². The molecule has 1 fully saturated rings. The zero-order valence-electron chi connectivity index (χ0n) is 16.1. The Hall–Kier alpha value is -1.93. The Morgan fingerprint density at radius 2 is 1.74 bits per heavy atom. The van der Waals surface area contributed by atoms with Gasteiger partial charge < -0.3 is 10.0 Å². The maximum atomic E-state index is 12.8. The van der Waals surface area contributed by atoms with Gasteiger partial charge in [-0.1, -0.05) is 17.7 Å². The minimum Gasteiger partial charge on any atom is -0.481 e. The van der Waals surface area contributed by atoms with Gasteiger partial charge in [0, 0.05) is 31.6 Å². The number of hydrogen-bond acceptors (Lipinski definition) is 4. The maximum absolute atomic E-state index is 12.8. The summed E-state index contributed by atoms with van der Waals surface area (Å²) in [4.78, 5) is 25.5. The molecule has 0 radical (unpaired) electrons. The molecule has 1 saturated heterocycles. The van der Waals surface area contributed by atoms with E-state index in [1.807, 2.05) is 20.8 Å². The van der Waals surface area contributed by atoms with Crippen LogP contribution < -0.4 is 0 Å². The van der Waals surface area contributed by atoms with Crippen molar-refractivity contribution >= 4 is 21.9 Å². The van der Waals surface area contributed by atoms with Crippen LogP contribution in [0.25, 0.3) is 0 Å². The molecular weight excluding hydrogens is 368 g/mol. The summed E-state index contributed by atoms with van der Waals surface area (Å²) in [6.45, 7) is 6.37. The summed E-state index contributed by atoms with van der Waals surface area (Å²) in [5, 5.41) is 8.87. The molecule has 1 aromatic carbocycles. The number of carbonyl (C=O) groups excluding carboxylic acids is 1. The molecule has 2 rings (SSSR count). The number of aliphatic carboxylic acids is 1. The Morgan fingerprint density at radius 3 is 2.22 bits per heavy atom. The summed E-state index contributed by atoms with van der Waals surface area (Å²) in [7, 11) is -3.56. The van der Waals surface area contributed by atoms with E-state index in [1.165, 1.54) is 4.31 Å². The van der Waals surface area contributed by atoms with Gasteiger partial charge in [-0.25, -0.2) is 8.42 Å². The topological polar surface area (TPSA) is 95.0 Å². The zero-order chi connectivity index (χ0) is 20.2. The number of hydrogen-bond donors (Lipinski definition) is 1. The number of amides is 1. The monoisotopic (exact) mass is 396 g/mol. The Kier molecular flexibility index (Phi) is 7.00. The molecule has 1 aliphatic heterocycles. The number of piperidine rings is 1. The first kappa shape index (κ1) is 21.4. The summed E-state index contributed by atoms with van der Waals surface area (Å²) in [5.41, 5.74) is 0.994. The van der Waals surface area contributed by atoms with Gasteiger partial charge >= 0.3 is 5.97 Å². The lowest BCUT2D eigenvalue weighted by atomic mass is 9.96. The summed E-state index contributed by atoms with van der Waals surface area (Å²) in [5.74, 6) is -1.29. The molecule has 0 bridgehead atoms. The highest BCUT2D eigenvalue weighted by atomic mass is 32.2. The van der Waals surface area contributed by atoms with Crippen molar-refractivity contribution in [2.24, 2.45) is 5.92 Å². The first-order valence-electron chi connectivity index (χ1n) is 9.22. The lowest BCUT2D eigenvalue weighted by molar-refractivity contribution is -0.141. The second-order valence-electron chi connectivity index (χ2n) is 7.26. The smallest absolute Gasteiger partial charge is 0.305 e. The van der Waals surface area contributed by atoms with Crippen molar-refractivity contribution in [3.05, 3.63) is 29.8 Å². The van der Waals surface area contributed by atoms with Gasteiger partial charge in [-0.2, -0.15) is 4.31 Å². The number of aryl methyl sites for hydroxylation is 1. The minimum absolute atomic E-state index is 0.0846. The Labute approximate surface area is 161 Å². The number of sulfonamides is 1. The standard InChI is InChI=1S/C19H28N2O5S/c1-14(2)21(13-10-18(22)23)19(24)16-8-11-20(12-9-16)27(25,26)17-6-4-15(3)5-7-17/h4-7,14,16H,8-13H2,1-3H3,(H,22,23). The molecule has 1 heterocycles. The fraction of sp³-hybridized carbons (Fsp3) is 0.579. The summed E-state index contributed by atoms with van der Waals surface area (Å²) in [6, 6.07) is 6.66. The van der Waals surface area contributed by atoms with Gasteiger partial charge in [-0.05, 0) is 45.7 Å². The number of carboxylic acids is 1. The highest BCUT2D eigenvalue weighted by molar-refractivity contribution is 7.89. The molecule has 0 spiro atoms. The fourth-order valence-corrected chi connectivity index (χ4v) is 4.75. The lowest BCUT2D eigenvalue weighted by Crippen LogP contribution is -2.46. The average molecular weight is 397 g/mol. The van der Waals surface area contributed by atoms with E-state index in [4.69, 9.17) is 5.11 Å². The van der Waals surface area contributed by atoms with Crippen LogP contribution in [0.15, 0.2) is 29.2 Å². The van der Waals surface area contributed by atoms with Crippen molar-refractivity contribution in [2.45, 2.75) is 51.0 Å². The van der Waals surface area contributed by atoms with Crippen molar-refractivity contribution in [2.75, 3.05) is 19.6 Å². The summed E-state index contributed by atoms with van der Waals surface area (Å²) in [6.07, 6.45) is 0.797. The van der Waals surface area contributed by atoms with Crippen molar-refractivity contribution in [3.63, 3.8) is 0 Å². The predicted octanol–water partition coefficient (Wildman–Crippen LogP) is 2.11. The third-order valence-electron chi connectivity index (χ3n) is 4.93. The SMILES string of the molecule is Cc1ccc(S(=O)(=O)N2CCC(C(=O)N(CCC(=O)O)C(C)C)CC2)cc1. The number of benzene rings is 1. The van der Waals surface area contributed by atoms with E-state index in [2.05, 4.69) is 0 Å². The summed E-state index contributed by atoms with van der Waals surface area (Å²) >= 11 is 0. The normalized spacial score (nSPS) is 16.4. The number of nitrogens with zero attached hydrogens (tertiary/aromatic N) is 2. The number of rotatable bonds is 7. The summed E-state index contributed by atoms with van der Waals surface area (Å²) < 4.78 is 26.9. The van der Waals surface area contributed by atoms with Crippen LogP contribution in [0.4, 0.5) is 0 Å². The second kappa shape index (κ2) is 8.84. The Balaban J connectivity index is 2.02. The fourth-order valence-electron chi connectivity index (χ4n) is 3.28. The van der Waals surface area contributed by atoms with E-state index in [-0.39, 0.29) is 48.8 Å². The van der Waals surface area contributed by atoms with Crippen LogP contribution in [-0.2, 0) is 19.6 Å². The molecule has 0 atom stereocenters. The molecule has 27 heavy (non-hydrogen) atoms. The molecular formula is C19H28N2O5S. The van der Waals surface area contributed by atoms with Gasteiger partial charge in [0.15, 0.2) is 0 Å². The molecule has 0 aliphatic carbocycles. The molecule has 8 heteroatoms. The van der Waals surface area contributed by atoms with E-state index in [0.717, 1.165) is 5.56 Å². The first-order chi connectivity index (χ1) is 12.6. The molecule has 7 nitrogen and oxygen atoms in total. The molecule has 0 aromatic heterocycles. The van der Waals surface area contributed by atoms with Gasteiger partial charge in [-0.15, -0.1) is 0 Å². The number of carboxylic acid groups (broad SMARTS) is 1. The highest BCUT2D eigenvalue weighted by Gasteiger charge is 2.34. The Bertz CT molecular complexity index is 766. The quantitative estimate of drug-likeness (QED) is 0.762. The van der Waals surface area contributed by atoms with Gasteiger partial charge in [0.1, 0.15) is 0 Å². The minimum atomic E-state index is -3.56. The van der Waals surface area contributed by atoms with Crippen molar-refractivity contribution in [1.29, 1.82) is 0 Å². The van der Waals surface area contributed by atoms with E-state index < -0.39 is 16.0 Å². The Morgan fingerprint density at radius 1 is 1.19 bits per heavy atom. The molecule has 0 unspecified atom stereocenters. The van der Waals surface area contributed by atoms with Crippen LogP contribution in [0.5, 0.6) is 0 Å². The molecule has 1 aliphatic rings. The average Bonchev–Trinajstić information content (AvgIpc) is 2.61. The van der Waals surface area contributed by atoms with E-state index in [1.54, 1.807) is 29.2 Å². The third kappa shape index (κ3) is 5.29. The van der Waals surface area contributed by atoms with Gasteiger partial charge in [0.05, 0.1) is 11.3 Å². The molecule has 1 amide bonds.